The van der Waals surface area contributed by atoms with Gasteiger partial charge in [-0.25, -0.2) is 0 Å². The number of carbonyl (C=O) groups is 1. The van der Waals surface area contributed by atoms with Crippen molar-refractivity contribution in [2.45, 2.75) is 44.8 Å². The summed E-state index contributed by atoms with van der Waals surface area (Å²) in [5.74, 6) is 0.893. The van der Waals surface area contributed by atoms with Gasteiger partial charge < -0.3 is 20.1 Å². The van der Waals surface area contributed by atoms with Crippen LogP contribution in [-0.2, 0) is 9.53 Å². The molecule has 2 aliphatic rings. The molecule has 1 spiro atoms. The Morgan fingerprint density at radius 3 is 2.74 bits per heavy atom. The third-order valence-electron chi connectivity index (χ3n) is 4.43. The average molecular weight is 321 g/mol. The first-order valence-corrected chi connectivity index (χ1v) is 8.15. The normalized spacial score (nSPS) is 22.3. The van der Waals surface area contributed by atoms with Gasteiger partial charge in [-0.2, -0.15) is 0 Å². The molecule has 2 N–H and O–H groups in total. The van der Waals surface area contributed by atoms with E-state index in [1.54, 1.807) is 6.92 Å². The van der Waals surface area contributed by atoms with Crippen LogP contribution >= 0.6 is 0 Å². The van der Waals surface area contributed by atoms with Gasteiger partial charge in [-0.05, 0) is 45.9 Å². The number of aryl methyl sites for hydroxylation is 1. The molecule has 0 bridgehead atoms. The Morgan fingerprint density at radius 2 is 2.17 bits per heavy atom. The van der Waals surface area contributed by atoms with Gasteiger partial charge in [0.15, 0.2) is 0 Å². The number of carbonyl (C=O) groups excluding carboxylic acids is 1. The first-order chi connectivity index (χ1) is 11.0. The summed E-state index contributed by atoms with van der Waals surface area (Å²) in [5, 5.41) is 0. The van der Waals surface area contributed by atoms with E-state index < -0.39 is 0 Å². The van der Waals surface area contributed by atoms with Crippen molar-refractivity contribution in [1.29, 1.82) is 0 Å². The Balaban J connectivity index is 0.000000338. The lowest BCUT2D eigenvalue weighted by Crippen LogP contribution is -2.50. The number of hydrogen-bond donors (Lipinski definition) is 1. The number of hydrogen-bond acceptors (Lipinski definition) is 6. The second kappa shape index (κ2) is 7.75. The number of nitrogens with two attached hydrogens (primary N) is 1. The van der Waals surface area contributed by atoms with E-state index in [0.717, 1.165) is 49.5 Å². The third-order valence-corrected chi connectivity index (χ3v) is 4.43. The minimum absolute atomic E-state index is 0.0112. The van der Waals surface area contributed by atoms with Crippen LogP contribution in [0.3, 0.4) is 0 Å². The van der Waals surface area contributed by atoms with Crippen LogP contribution in [0.2, 0.25) is 0 Å². The van der Waals surface area contributed by atoms with Crippen LogP contribution in [0.25, 0.3) is 0 Å². The van der Waals surface area contributed by atoms with Crippen LogP contribution in [0.5, 0.6) is 5.75 Å². The standard InChI is InChI=1S/C14H21N3O.C3H6O2/c1-10-3-4-12-13(16-10)11(15)9-14(18-12)5-7-17(2)8-6-14;1-2-5-3-4/h3-4,11H,5-9,15H2,1-2H3;3H,2H2,1H3. The van der Waals surface area contributed by atoms with Crippen LogP contribution in [0.4, 0.5) is 0 Å². The summed E-state index contributed by atoms with van der Waals surface area (Å²) in [4.78, 5) is 16.1. The van der Waals surface area contributed by atoms with Crippen molar-refractivity contribution >= 4 is 6.47 Å². The molecular formula is C17H27N3O3. The molecule has 1 aromatic heterocycles. The number of nitrogens with zero attached hydrogens (tertiary/aromatic N) is 2. The van der Waals surface area contributed by atoms with Crippen molar-refractivity contribution < 1.29 is 14.3 Å². The lowest BCUT2D eigenvalue weighted by molar-refractivity contribution is -0.128. The molecule has 23 heavy (non-hydrogen) atoms. The van der Waals surface area contributed by atoms with Gasteiger partial charge in [0.05, 0.1) is 18.3 Å². The third kappa shape index (κ3) is 4.42. The van der Waals surface area contributed by atoms with Crippen LogP contribution in [0.15, 0.2) is 12.1 Å². The average Bonchev–Trinajstić information content (AvgIpc) is 2.53. The van der Waals surface area contributed by atoms with E-state index in [2.05, 4.69) is 21.7 Å². The maximum absolute atomic E-state index is 9.18. The Morgan fingerprint density at radius 1 is 1.48 bits per heavy atom. The number of likely N-dealkylation sites (tertiary alicyclic amines) is 1. The van der Waals surface area contributed by atoms with Crippen LogP contribution < -0.4 is 10.5 Å². The van der Waals surface area contributed by atoms with E-state index in [1.807, 2.05) is 19.1 Å². The Kier molecular flexibility index (Phi) is 5.96. The first-order valence-electron chi connectivity index (χ1n) is 8.15. The van der Waals surface area contributed by atoms with Crippen molar-refractivity contribution in [1.82, 2.24) is 9.88 Å². The quantitative estimate of drug-likeness (QED) is 0.837. The summed E-state index contributed by atoms with van der Waals surface area (Å²) in [5.41, 5.74) is 8.18. The van der Waals surface area contributed by atoms with Crippen molar-refractivity contribution in [2.24, 2.45) is 5.73 Å². The van der Waals surface area contributed by atoms with Gasteiger partial charge in [0.2, 0.25) is 0 Å². The second-order valence-corrected chi connectivity index (χ2v) is 6.29. The summed E-state index contributed by atoms with van der Waals surface area (Å²) < 4.78 is 10.4. The molecule has 2 aliphatic heterocycles. The molecule has 3 heterocycles. The predicted molar refractivity (Wildman–Crippen MR) is 88.3 cm³/mol. The fraction of sp³-hybridized carbons (Fsp3) is 0.647. The monoisotopic (exact) mass is 321 g/mol. The molecule has 1 unspecified atom stereocenters. The minimum Gasteiger partial charge on any atom is -0.485 e. The number of aromatic nitrogens is 1. The van der Waals surface area contributed by atoms with E-state index in [9.17, 15) is 4.79 Å². The number of ether oxygens (including phenoxy) is 2. The number of fused-ring (bicyclic) bond motifs is 1. The van der Waals surface area contributed by atoms with Crippen molar-refractivity contribution in [3.63, 3.8) is 0 Å². The molecule has 1 fully saturated rings. The van der Waals surface area contributed by atoms with Gasteiger partial charge >= 0.3 is 0 Å². The summed E-state index contributed by atoms with van der Waals surface area (Å²) >= 11 is 0. The highest BCUT2D eigenvalue weighted by molar-refractivity contribution is 5.36. The second-order valence-electron chi connectivity index (χ2n) is 6.29. The van der Waals surface area contributed by atoms with Crippen LogP contribution in [-0.4, -0.2) is 48.7 Å². The lowest BCUT2D eigenvalue weighted by Gasteiger charge is -2.45. The van der Waals surface area contributed by atoms with E-state index in [4.69, 9.17) is 10.5 Å². The molecule has 128 valence electrons. The van der Waals surface area contributed by atoms with Crippen LogP contribution in [0.1, 0.15) is 43.6 Å². The molecule has 6 heteroatoms. The molecule has 0 aliphatic carbocycles. The van der Waals surface area contributed by atoms with E-state index in [-0.39, 0.29) is 11.6 Å². The van der Waals surface area contributed by atoms with Crippen LogP contribution in [0, 0.1) is 6.92 Å². The van der Waals surface area contributed by atoms with Gasteiger partial charge in [0, 0.05) is 25.2 Å². The van der Waals surface area contributed by atoms with Gasteiger partial charge in [0.1, 0.15) is 11.4 Å². The number of pyridine rings is 1. The van der Waals surface area contributed by atoms with E-state index in [1.165, 1.54) is 0 Å². The van der Waals surface area contributed by atoms with Gasteiger partial charge in [-0.1, -0.05) is 0 Å². The maximum Gasteiger partial charge on any atom is 0.293 e. The summed E-state index contributed by atoms with van der Waals surface area (Å²) in [7, 11) is 2.16. The number of rotatable bonds is 2. The van der Waals surface area contributed by atoms with Gasteiger partial charge in [0.25, 0.3) is 6.47 Å². The molecule has 1 atom stereocenters. The summed E-state index contributed by atoms with van der Waals surface area (Å²) in [6.45, 7) is 6.83. The SMILES string of the molecule is CCOC=O.Cc1ccc2c(n1)C(N)CC1(CCN(C)CC1)O2. The smallest absolute Gasteiger partial charge is 0.293 e. The molecule has 0 amide bonds. The first kappa shape index (κ1) is 17.7. The Hall–Kier alpha value is -1.66. The zero-order valence-corrected chi connectivity index (χ0v) is 14.2. The van der Waals surface area contributed by atoms with E-state index in [0.29, 0.717) is 13.1 Å². The topological polar surface area (TPSA) is 77.7 Å². The largest absolute Gasteiger partial charge is 0.485 e. The Labute approximate surface area is 138 Å². The van der Waals surface area contributed by atoms with Crippen molar-refractivity contribution in [3.05, 3.63) is 23.5 Å². The molecule has 0 aromatic carbocycles. The molecule has 6 nitrogen and oxygen atoms in total. The zero-order chi connectivity index (χ0) is 16.9. The predicted octanol–water partition coefficient (Wildman–Crippen LogP) is 1.82. The summed E-state index contributed by atoms with van der Waals surface area (Å²) in [6, 6.07) is 4.04. The van der Waals surface area contributed by atoms with Gasteiger partial charge in [-0.15, -0.1) is 0 Å². The minimum atomic E-state index is -0.0597. The van der Waals surface area contributed by atoms with E-state index >= 15 is 0 Å². The molecule has 1 aromatic rings. The van der Waals surface area contributed by atoms with Gasteiger partial charge in [-0.3, -0.25) is 9.78 Å². The van der Waals surface area contributed by atoms with Crippen molar-refractivity contribution in [2.75, 3.05) is 26.7 Å². The maximum atomic E-state index is 9.18. The fourth-order valence-electron chi connectivity index (χ4n) is 3.09. The molecule has 0 saturated carbocycles. The highest BCUT2D eigenvalue weighted by atomic mass is 16.5. The summed E-state index contributed by atoms with van der Waals surface area (Å²) in [6.07, 6.45) is 3.01. The molecular weight excluding hydrogens is 294 g/mol. The Bertz CT molecular complexity index is 528. The highest BCUT2D eigenvalue weighted by Crippen LogP contribution is 2.42. The fourth-order valence-corrected chi connectivity index (χ4v) is 3.09. The molecule has 3 rings (SSSR count). The molecule has 1 saturated heterocycles. The lowest BCUT2D eigenvalue weighted by atomic mass is 9.82. The zero-order valence-electron chi connectivity index (χ0n) is 14.2. The number of piperidine rings is 1. The van der Waals surface area contributed by atoms with Crippen molar-refractivity contribution in [3.8, 4) is 5.75 Å². The molecule has 0 radical (unpaired) electrons. The highest BCUT2D eigenvalue weighted by Gasteiger charge is 2.42.